The van der Waals surface area contributed by atoms with Crippen LogP contribution in [-0.4, -0.2) is 44.9 Å². The highest BCUT2D eigenvalue weighted by molar-refractivity contribution is 5.74. The largest absolute Gasteiger partial charge is 0.376 e. The zero-order chi connectivity index (χ0) is 17.6. The number of aromatic nitrogens is 3. The maximum absolute atomic E-state index is 12.5. The smallest absolute Gasteiger partial charge is 0.317 e. The molecular weight excluding hydrogens is 318 g/mol. The molecule has 0 bridgehead atoms. The number of ether oxygens (including phenoxy) is 1. The van der Waals surface area contributed by atoms with Gasteiger partial charge in [0.15, 0.2) is 0 Å². The van der Waals surface area contributed by atoms with E-state index in [0.717, 1.165) is 17.8 Å². The zero-order valence-corrected chi connectivity index (χ0v) is 14.8. The minimum Gasteiger partial charge on any atom is -0.376 e. The van der Waals surface area contributed by atoms with Gasteiger partial charge in [-0.25, -0.2) is 4.79 Å². The van der Waals surface area contributed by atoms with Crippen LogP contribution in [0.5, 0.6) is 0 Å². The maximum atomic E-state index is 12.5. The van der Waals surface area contributed by atoms with Gasteiger partial charge in [0.05, 0.1) is 25.5 Å². The Morgan fingerprint density at radius 2 is 2.24 bits per heavy atom. The molecule has 0 aliphatic carbocycles. The average Bonchev–Trinajstić information content (AvgIpc) is 2.93. The number of hydrogen-bond acceptors (Lipinski definition) is 4. The van der Waals surface area contributed by atoms with Crippen LogP contribution in [-0.2, 0) is 24.4 Å². The number of urea groups is 1. The molecule has 0 aromatic carbocycles. The SMILES string of the molecule is CC(C)NC(=O)N1Cc2ccnn2C[C@H](COCc2cccnc2)C1. The molecular formula is C18H25N5O2. The summed E-state index contributed by atoms with van der Waals surface area (Å²) in [4.78, 5) is 18.4. The highest BCUT2D eigenvalue weighted by Crippen LogP contribution is 2.17. The van der Waals surface area contributed by atoms with Gasteiger partial charge in [0.25, 0.3) is 0 Å². The van der Waals surface area contributed by atoms with E-state index in [0.29, 0.717) is 26.3 Å². The third kappa shape index (κ3) is 4.79. The Hall–Kier alpha value is -2.41. The van der Waals surface area contributed by atoms with Gasteiger partial charge in [0.1, 0.15) is 0 Å². The molecule has 2 aromatic heterocycles. The van der Waals surface area contributed by atoms with E-state index >= 15 is 0 Å². The second-order valence-electron chi connectivity index (χ2n) is 6.73. The molecule has 0 fully saturated rings. The predicted octanol–water partition coefficient (Wildman–Crippen LogP) is 2.04. The number of rotatable bonds is 5. The molecule has 25 heavy (non-hydrogen) atoms. The summed E-state index contributed by atoms with van der Waals surface area (Å²) in [5, 5.41) is 7.35. The number of amides is 2. The molecule has 0 saturated heterocycles. The van der Waals surface area contributed by atoms with E-state index < -0.39 is 0 Å². The van der Waals surface area contributed by atoms with Crippen molar-refractivity contribution < 1.29 is 9.53 Å². The van der Waals surface area contributed by atoms with Crippen LogP contribution in [0.15, 0.2) is 36.8 Å². The summed E-state index contributed by atoms with van der Waals surface area (Å²) < 4.78 is 7.85. The number of pyridine rings is 1. The number of hydrogen-bond donors (Lipinski definition) is 1. The van der Waals surface area contributed by atoms with Gasteiger partial charge in [0.2, 0.25) is 0 Å². The third-order valence-corrected chi connectivity index (χ3v) is 4.11. The Balaban J connectivity index is 1.63. The summed E-state index contributed by atoms with van der Waals surface area (Å²) in [5.41, 5.74) is 2.10. The first-order chi connectivity index (χ1) is 12.1. The van der Waals surface area contributed by atoms with Gasteiger partial charge in [0, 0.05) is 43.6 Å². The van der Waals surface area contributed by atoms with Crippen LogP contribution in [0.25, 0.3) is 0 Å². The highest BCUT2D eigenvalue weighted by Gasteiger charge is 2.26. The Kier molecular flexibility index (Phi) is 5.65. The number of nitrogens with one attached hydrogen (secondary N) is 1. The Morgan fingerprint density at radius 1 is 1.36 bits per heavy atom. The summed E-state index contributed by atoms with van der Waals surface area (Å²) in [6, 6.07) is 5.93. The molecule has 7 heteroatoms. The molecule has 0 saturated carbocycles. The average molecular weight is 343 g/mol. The van der Waals surface area contributed by atoms with Gasteiger partial charge in [-0.15, -0.1) is 0 Å². The molecule has 3 rings (SSSR count). The first-order valence-corrected chi connectivity index (χ1v) is 8.64. The molecule has 2 amide bonds. The summed E-state index contributed by atoms with van der Waals surface area (Å²) >= 11 is 0. The summed E-state index contributed by atoms with van der Waals surface area (Å²) in [7, 11) is 0. The first kappa shape index (κ1) is 17.4. The number of fused-ring (bicyclic) bond motifs is 1. The highest BCUT2D eigenvalue weighted by atomic mass is 16.5. The maximum Gasteiger partial charge on any atom is 0.317 e. The summed E-state index contributed by atoms with van der Waals surface area (Å²) in [6.07, 6.45) is 5.34. The zero-order valence-electron chi connectivity index (χ0n) is 14.8. The molecule has 1 N–H and O–H groups in total. The molecule has 134 valence electrons. The number of nitrogens with zero attached hydrogens (tertiary/aromatic N) is 4. The molecule has 7 nitrogen and oxygen atoms in total. The minimum absolute atomic E-state index is 0.0399. The molecule has 1 aliphatic heterocycles. The summed E-state index contributed by atoms with van der Waals surface area (Å²) in [6.45, 7) is 6.99. The van der Waals surface area contributed by atoms with Gasteiger partial charge in [-0.05, 0) is 31.5 Å². The van der Waals surface area contributed by atoms with Crippen molar-refractivity contribution in [3.8, 4) is 0 Å². The lowest BCUT2D eigenvalue weighted by Gasteiger charge is -2.25. The fraction of sp³-hybridized carbons (Fsp3) is 0.500. The van der Waals surface area contributed by atoms with Gasteiger partial charge in [-0.1, -0.05) is 6.07 Å². The van der Waals surface area contributed by atoms with E-state index in [9.17, 15) is 4.79 Å². The van der Waals surface area contributed by atoms with E-state index in [2.05, 4.69) is 15.4 Å². The quantitative estimate of drug-likeness (QED) is 0.902. The summed E-state index contributed by atoms with van der Waals surface area (Å²) in [5.74, 6) is 0.190. The van der Waals surface area contributed by atoms with Crippen molar-refractivity contribution in [2.24, 2.45) is 5.92 Å². The van der Waals surface area contributed by atoms with Gasteiger partial charge in [-0.3, -0.25) is 9.67 Å². The molecule has 0 radical (unpaired) electrons. The lowest BCUT2D eigenvalue weighted by atomic mass is 10.1. The number of carbonyl (C=O) groups is 1. The van der Waals surface area contributed by atoms with Crippen LogP contribution >= 0.6 is 0 Å². The lowest BCUT2D eigenvalue weighted by Crippen LogP contribution is -2.44. The van der Waals surface area contributed by atoms with Crippen molar-refractivity contribution in [1.82, 2.24) is 25.0 Å². The lowest BCUT2D eigenvalue weighted by molar-refractivity contribution is 0.0706. The van der Waals surface area contributed by atoms with E-state index in [1.807, 2.05) is 41.6 Å². The van der Waals surface area contributed by atoms with E-state index in [4.69, 9.17) is 4.74 Å². The van der Waals surface area contributed by atoms with Crippen LogP contribution in [0.4, 0.5) is 4.79 Å². The fourth-order valence-electron chi connectivity index (χ4n) is 2.96. The van der Waals surface area contributed by atoms with Crippen molar-refractivity contribution in [1.29, 1.82) is 0 Å². The van der Waals surface area contributed by atoms with Crippen molar-refractivity contribution in [2.45, 2.75) is 39.6 Å². The molecule has 0 unspecified atom stereocenters. The second-order valence-corrected chi connectivity index (χ2v) is 6.73. The van der Waals surface area contributed by atoms with Gasteiger partial charge < -0.3 is 15.0 Å². The van der Waals surface area contributed by atoms with Crippen molar-refractivity contribution in [3.63, 3.8) is 0 Å². The van der Waals surface area contributed by atoms with E-state index in [1.165, 1.54) is 0 Å². The van der Waals surface area contributed by atoms with Crippen LogP contribution in [0.3, 0.4) is 0 Å². The topological polar surface area (TPSA) is 72.3 Å². The Bertz CT molecular complexity index is 686. The monoisotopic (exact) mass is 343 g/mol. The minimum atomic E-state index is -0.0399. The van der Waals surface area contributed by atoms with Crippen LogP contribution < -0.4 is 5.32 Å². The van der Waals surface area contributed by atoms with E-state index in [1.54, 1.807) is 18.6 Å². The molecule has 3 heterocycles. The first-order valence-electron chi connectivity index (χ1n) is 8.64. The normalized spacial score (nSPS) is 17.2. The third-order valence-electron chi connectivity index (χ3n) is 4.11. The predicted molar refractivity (Wildman–Crippen MR) is 93.7 cm³/mol. The van der Waals surface area contributed by atoms with E-state index in [-0.39, 0.29) is 18.0 Å². The molecule has 0 spiro atoms. The van der Waals surface area contributed by atoms with Crippen molar-refractivity contribution >= 4 is 6.03 Å². The molecule has 2 aromatic rings. The second kappa shape index (κ2) is 8.11. The molecule has 1 atom stereocenters. The van der Waals surface area contributed by atoms with Gasteiger partial charge >= 0.3 is 6.03 Å². The van der Waals surface area contributed by atoms with Crippen LogP contribution in [0, 0.1) is 5.92 Å². The van der Waals surface area contributed by atoms with Gasteiger partial charge in [-0.2, -0.15) is 5.10 Å². The van der Waals surface area contributed by atoms with Crippen LogP contribution in [0.2, 0.25) is 0 Å². The fourth-order valence-corrected chi connectivity index (χ4v) is 2.96. The Morgan fingerprint density at radius 3 is 3.00 bits per heavy atom. The van der Waals surface area contributed by atoms with Crippen LogP contribution in [0.1, 0.15) is 25.1 Å². The number of carbonyl (C=O) groups excluding carboxylic acids is 1. The van der Waals surface area contributed by atoms with Crippen molar-refractivity contribution in [3.05, 3.63) is 48.0 Å². The Labute approximate surface area is 148 Å². The standard InChI is InChI=1S/C18H25N5O2/c1-14(2)21-18(24)22-9-16(10-23-17(11-22)5-7-20-23)13-25-12-15-4-3-6-19-8-15/h3-8,14,16H,9-13H2,1-2H3,(H,21,24)/t16-/m1/s1. The van der Waals surface area contributed by atoms with Crippen molar-refractivity contribution in [2.75, 3.05) is 13.2 Å². The molecule has 1 aliphatic rings.